The van der Waals surface area contributed by atoms with Crippen molar-refractivity contribution < 1.29 is 14.3 Å². The van der Waals surface area contributed by atoms with Crippen LogP contribution in [0.25, 0.3) is 0 Å². The standard InChI is InChI=1S/C20H25N3O3/c1-25-18-6-5-16(23-20(24)17-4-2-3-15(17)12-21)11-19(18)26-13-14-7-9-22-10-8-14/h5-11,15,17H,2-4,12-13,21H2,1H3,(H,23,24)/t15-,17-/m1/s1. The molecule has 1 aromatic carbocycles. The van der Waals surface area contributed by atoms with E-state index < -0.39 is 0 Å². The summed E-state index contributed by atoms with van der Waals surface area (Å²) < 4.78 is 11.2. The van der Waals surface area contributed by atoms with E-state index in [-0.39, 0.29) is 17.7 Å². The number of hydrogen-bond donors (Lipinski definition) is 2. The highest BCUT2D eigenvalue weighted by Crippen LogP contribution is 2.34. The van der Waals surface area contributed by atoms with Crippen LogP contribution in [0.1, 0.15) is 24.8 Å². The van der Waals surface area contributed by atoms with Gasteiger partial charge in [0.2, 0.25) is 5.91 Å². The lowest BCUT2D eigenvalue weighted by atomic mass is 9.95. The smallest absolute Gasteiger partial charge is 0.227 e. The lowest BCUT2D eigenvalue weighted by Gasteiger charge is -2.18. The molecule has 0 aliphatic heterocycles. The number of nitrogens with two attached hydrogens (primary N) is 1. The maximum atomic E-state index is 12.6. The second-order valence-corrected chi connectivity index (χ2v) is 6.53. The maximum absolute atomic E-state index is 12.6. The van der Waals surface area contributed by atoms with Gasteiger partial charge in [-0.1, -0.05) is 6.42 Å². The molecule has 1 amide bonds. The Labute approximate surface area is 153 Å². The number of pyridine rings is 1. The summed E-state index contributed by atoms with van der Waals surface area (Å²) in [6.07, 6.45) is 6.43. The summed E-state index contributed by atoms with van der Waals surface area (Å²) in [6.45, 7) is 0.954. The van der Waals surface area contributed by atoms with Gasteiger partial charge in [0, 0.05) is 30.1 Å². The highest BCUT2D eigenvalue weighted by molar-refractivity contribution is 5.93. The van der Waals surface area contributed by atoms with Crippen LogP contribution in [0.15, 0.2) is 42.7 Å². The minimum Gasteiger partial charge on any atom is -0.493 e. The van der Waals surface area contributed by atoms with Crippen molar-refractivity contribution in [2.45, 2.75) is 25.9 Å². The average Bonchev–Trinajstić information content (AvgIpc) is 3.16. The van der Waals surface area contributed by atoms with Crippen LogP contribution < -0.4 is 20.5 Å². The summed E-state index contributed by atoms with van der Waals surface area (Å²) >= 11 is 0. The number of hydrogen-bond acceptors (Lipinski definition) is 5. The Morgan fingerprint density at radius 1 is 1.23 bits per heavy atom. The SMILES string of the molecule is COc1ccc(NC(=O)[C@@H]2CCC[C@@H]2CN)cc1OCc1ccncc1. The molecule has 2 atom stereocenters. The third kappa shape index (κ3) is 4.32. The Hall–Kier alpha value is -2.60. The molecule has 0 spiro atoms. The number of benzene rings is 1. The van der Waals surface area contributed by atoms with E-state index in [0.29, 0.717) is 30.3 Å². The molecule has 1 fully saturated rings. The van der Waals surface area contributed by atoms with E-state index in [1.165, 1.54) is 0 Å². The van der Waals surface area contributed by atoms with Crippen LogP contribution in [0, 0.1) is 11.8 Å². The van der Waals surface area contributed by atoms with Gasteiger partial charge in [-0.05, 0) is 55.1 Å². The molecule has 1 saturated carbocycles. The van der Waals surface area contributed by atoms with Gasteiger partial charge in [-0.15, -0.1) is 0 Å². The number of nitrogens with zero attached hydrogens (tertiary/aromatic N) is 1. The number of methoxy groups -OCH3 is 1. The zero-order valence-electron chi connectivity index (χ0n) is 15.0. The number of carbonyl (C=O) groups is 1. The van der Waals surface area contributed by atoms with Crippen molar-refractivity contribution in [3.63, 3.8) is 0 Å². The Kier molecular flexibility index (Phi) is 6.07. The number of carbonyl (C=O) groups excluding carboxylic acids is 1. The Morgan fingerprint density at radius 3 is 2.77 bits per heavy atom. The highest BCUT2D eigenvalue weighted by atomic mass is 16.5. The predicted octanol–water partition coefficient (Wildman–Crippen LogP) is 2.98. The molecule has 2 aromatic rings. The van der Waals surface area contributed by atoms with Gasteiger partial charge in [0.05, 0.1) is 7.11 Å². The minimum absolute atomic E-state index is 0.0108. The van der Waals surface area contributed by atoms with E-state index in [1.54, 1.807) is 31.6 Å². The first kappa shape index (κ1) is 18.2. The summed E-state index contributed by atoms with van der Waals surface area (Å²) in [5.74, 6) is 1.50. The van der Waals surface area contributed by atoms with Crippen molar-refractivity contribution >= 4 is 11.6 Å². The lowest BCUT2D eigenvalue weighted by Crippen LogP contribution is -2.29. The molecule has 1 heterocycles. The summed E-state index contributed by atoms with van der Waals surface area (Å²) in [5, 5.41) is 3.00. The molecule has 1 aliphatic rings. The van der Waals surface area contributed by atoms with E-state index in [4.69, 9.17) is 15.2 Å². The number of nitrogens with one attached hydrogen (secondary N) is 1. The molecular formula is C20H25N3O3. The zero-order chi connectivity index (χ0) is 18.4. The van der Waals surface area contributed by atoms with Crippen LogP contribution in [0.4, 0.5) is 5.69 Å². The molecular weight excluding hydrogens is 330 g/mol. The van der Waals surface area contributed by atoms with E-state index in [9.17, 15) is 4.79 Å². The molecule has 0 radical (unpaired) electrons. The van der Waals surface area contributed by atoms with Gasteiger partial charge in [0.1, 0.15) is 6.61 Å². The lowest BCUT2D eigenvalue weighted by molar-refractivity contribution is -0.120. The van der Waals surface area contributed by atoms with Crippen LogP contribution in [-0.4, -0.2) is 24.5 Å². The maximum Gasteiger partial charge on any atom is 0.227 e. The predicted molar refractivity (Wildman–Crippen MR) is 100 cm³/mol. The van der Waals surface area contributed by atoms with Crippen LogP contribution >= 0.6 is 0 Å². The molecule has 0 saturated heterocycles. The second-order valence-electron chi connectivity index (χ2n) is 6.53. The molecule has 1 aromatic heterocycles. The highest BCUT2D eigenvalue weighted by Gasteiger charge is 2.31. The molecule has 6 nitrogen and oxygen atoms in total. The largest absolute Gasteiger partial charge is 0.493 e. The summed E-state index contributed by atoms with van der Waals surface area (Å²) in [5.41, 5.74) is 7.50. The van der Waals surface area contributed by atoms with Crippen LogP contribution in [-0.2, 0) is 11.4 Å². The fraction of sp³-hybridized carbons (Fsp3) is 0.400. The number of aromatic nitrogens is 1. The van der Waals surface area contributed by atoms with Crippen LogP contribution in [0.2, 0.25) is 0 Å². The van der Waals surface area contributed by atoms with Crippen molar-refractivity contribution in [2.75, 3.05) is 19.0 Å². The topological polar surface area (TPSA) is 86.5 Å². The molecule has 0 unspecified atom stereocenters. The quantitative estimate of drug-likeness (QED) is 0.797. The fourth-order valence-electron chi connectivity index (χ4n) is 3.41. The Morgan fingerprint density at radius 2 is 2.04 bits per heavy atom. The van der Waals surface area contributed by atoms with Crippen LogP contribution in [0.5, 0.6) is 11.5 Å². The first-order chi connectivity index (χ1) is 12.7. The Balaban J connectivity index is 1.69. The molecule has 0 bridgehead atoms. The molecule has 26 heavy (non-hydrogen) atoms. The van der Waals surface area contributed by atoms with Gasteiger partial charge in [-0.2, -0.15) is 0 Å². The van der Waals surface area contributed by atoms with Gasteiger partial charge in [-0.3, -0.25) is 9.78 Å². The first-order valence-electron chi connectivity index (χ1n) is 8.92. The van der Waals surface area contributed by atoms with E-state index in [1.807, 2.05) is 18.2 Å². The molecule has 3 N–H and O–H groups in total. The molecule has 6 heteroatoms. The first-order valence-corrected chi connectivity index (χ1v) is 8.92. The van der Waals surface area contributed by atoms with Crippen molar-refractivity contribution in [2.24, 2.45) is 17.6 Å². The van der Waals surface area contributed by atoms with Gasteiger partial charge in [0.15, 0.2) is 11.5 Å². The fourth-order valence-corrected chi connectivity index (χ4v) is 3.41. The number of ether oxygens (including phenoxy) is 2. The van der Waals surface area contributed by atoms with Crippen molar-refractivity contribution in [3.8, 4) is 11.5 Å². The summed E-state index contributed by atoms with van der Waals surface area (Å²) in [6, 6.07) is 9.20. The summed E-state index contributed by atoms with van der Waals surface area (Å²) in [7, 11) is 1.59. The van der Waals surface area contributed by atoms with Gasteiger partial charge in [-0.25, -0.2) is 0 Å². The zero-order valence-corrected chi connectivity index (χ0v) is 15.0. The number of anilines is 1. The normalized spacial score (nSPS) is 19.2. The van der Waals surface area contributed by atoms with Crippen molar-refractivity contribution in [3.05, 3.63) is 48.3 Å². The minimum atomic E-state index is -0.0108. The van der Waals surface area contributed by atoms with E-state index >= 15 is 0 Å². The van der Waals surface area contributed by atoms with Crippen molar-refractivity contribution in [1.29, 1.82) is 0 Å². The van der Waals surface area contributed by atoms with Crippen molar-refractivity contribution in [1.82, 2.24) is 4.98 Å². The van der Waals surface area contributed by atoms with Gasteiger partial charge < -0.3 is 20.5 Å². The van der Waals surface area contributed by atoms with Gasteiger partial charge in [0.25, 0.3) is 0 Å². The molecule has 138 valence electrons. The number of rotatable bonds is 7. The molecule has 3 rings (SSSR count). The summed E-state index contributed by atoms with van der Waals surface area (Å²) in [4.78, 5) is 16.6. The second kappa shape index (κ2) is 8.67. The third-order valence-corrected chi connectivity index (χ3v) is 4.87. The van der Waals surface area contributed by atoms with Gasteiger partial charge >= 0.3 is 0 Å². The van der Waals surface area contributed by atoms with Crippen LogP contribution in [0.3, 0.4) is 0 Å². The monoisotopic (exact) mass is 355 g/mol. The van der Waals surface area contributed by atoms with E-state index in [0.717, 1.165) is 24.8 Å². The average molecular weight is 355 g/mol. The Bertz CT molecular complexity index is 736. The third-order valence-electron chi connectivity index (χ3n) is 4.87. The number of amides is 1. The molecule has 1 aliphatic carbocycles. The van der Waals surface area contributed by atoms with E-state index in [2.05, 4.69) is 10.3 Å².